The first-order valence-corrected chi connectivity index (χ1v) is 5.96. The average molecular weight is 220 g/mol. The first-order valence-electron chi connectivity index (χ1n) is 5.96. The molecule has 0 radical (unpaired) electrons. The van der Waals surface area contributed by atoms with Gasteiger partial charge in [-0.05, 0) is 37.5 Å². The molecule has 0 amide bonds. The van der Waals surface area contributed by atoms with Crippen molar-refractivity contribution < 1.29 is 9.21 Å². The number of carbonyl (C=O) groups excluding carboxylic acids is 1. The lowest BCUT2D eigenvalue weighted by molar-refractivity contribution is -0.116. The molecule has 0 unspecified atom stereocenters. The van der Waals surface area contributed by atoms with Crippen LogP contribution >= 0.6 is 0 Å². The predicted octanol–water partition coefficient (Wildman–Crippen LogP) is 4.22. The van der Waals surface area contributed by atoms with Gasteiger partial charge in [-0.2, -0.15) is 0 Å². The van der Waals surface area contributed by atoms with E-state index in [2.05, 4.69) is 13.0 Å². The highest BCUT2D eigenvalue weighted by Gasteiger charge is 2.06. The lowest BCUT2D eigenvalue weighted by atomic mass is 10.0. The summed E-state index contributed by atoms with van der Waals surface area (Å²) in [5.41, 5.74) is 1.02. The molecule has 0 saturated heterocycles. The fraction of sp³-hybridized carbons (Fsp3) is 0.500. The molecule has 2 heteroatoms. The summed E-state index contributed by atoms with van der Waals surface area (Å²) in [4.78, 5) is 11.2. The van der Waals surface area contributed by atoms with Gasteiger partial charge in [0.15, 0.2) is 0 Å². The van der Waals surface area contributed by atoms with Crippen molar-refractivity contribution in [2.45, 2.75) is 46.0 Å². The molecule has 0 aliphatic rings. The van der Waals surface area contributed by atoms with E-state index in [0.717, 1.165) is 17.8 Å². The number of ketones is 1. The van der Waals surface area contributed by atoms with Crippen molar-refractivity contribution >= 4 is 11.4 Å². The Balaban J connectivity index is 2.60. The molecule has 0 bridgehead atoms. The molecule has 0 spiro atoms. The number of carbonyl (C=O) groups is 1. The van der Waals surface area contributed by atoms with Crippen molar-refractivity contribution in [1.29, 1.82) is 0 Å². The zero-order chi connectivity index (χ0) is 11.8. The summed E-state index contributed by atoms with van der Waals surface area (Å²) in [6.07, 6.45) is 8.92. The Bertz CT molecular complexity index is 334. The van der Waals surface area contributed by atoms with Gasteiger partial charge in [0.05, 0.1) is 6.26 Å². The van der Waals surface area contributed by atoms with Gasteiger partial charge in [-0.3, -0.25) is 4.79 Å². The molecule has 0 N–H and O–H groups in total. The monoisotopic (exact) mass is 220 g/mol. The minimum absolute atomic E-state index is 0.179. The van der Waals surface area contributed by atoms with Crippen LogP contribution in [0.2, 0.25) is 0 Å². The molecule has 0 saturated carbocycles. The van der Waals surface area contributed by atoms with Crippen molar-refractivity contribution in [2.24, 2.45) is 0 Å². The van der Waals surface area contributed by atoms with Crippen LogP contribution in [0, 0.1) is 0 Å². The Kier molecular flexibility index (Phi) is 5.62. The van der Waals surface area contributed by atoms with E-state index in [4.69, 9.17) is 4.42 Å². The fourth-order valence-electron chi connectivity index (χ4n) is 1.66. The molecular weight excluding hydrogens is 200 g/mol. The maximum absolute atomic E-state index is 11.2. The van der Waals surface area contributed by atoms with Crippen LogP contribution in [0.3, 0.4) is 0 Å². The van der Waals surface area contributed by atoms with E-state index in [9.17, 15) is 4.79 Å². The maximum Gasteiger partial charge on any atom is 0.134 e. The van der Waals surface area contributed by atoms with Crippen molar-refractivity contribution in [1.82, 2.24) is 0 Å². The lowest BCUT2D eigenvalue weighted by Gasteiger charge is -2.02. The summed E-state index contributed by atoms with van der Waals surface area (Å²) in [5, 5.41) is 0. The largest absolute Gasteiger partial charge is 0.465 e. The van der Waals surface area contributed by atoms with Crippen LogP contribution in [0.5, 0.6) is 0 Å². The van der Waals surface area contributed by atoms with E-state index < -0.39 is 0 Å². The summed E-state index contributed by atoms with van der Waals surface area (Å²) < 4.78 is 5.33. The van der Waals surface area contributed by atoms with Crippen LogP contribution < -0.4 is 0 Å². The van der Waals surface area contributed by atoms with Gasteiger partial charge >= 0.3 is 0 Å². The van der Waals surface area contributed by atoms with Crippen LogP contribution in [0.15, 0.2) is 28.9 Å². The third-order valence-electron chi connectivity index (χ3n) is 2.48. The molecule has 0 atom stereocenters. The van der Waals surface area contributed by atoms with Gasteiger partial charge in [-0.15, -0.1) is 0 Å². The van der Waals surface area contributed by atoms with Crippen LogP contribution in [-0.2, 0) is 4.79 Å². The van der Waals surface area contributed by atoms with E-state index in [1.807, 2.05) is 12.1 Å². The second-order valence-corrected chi connectivity index (χ2v) is 4.08. The number of unbranched alkanes of at least 4 members (excludes halogenated alkanes) is 3. The van der Waals surface area contributed by atoms with E-state index in [-0.39, 0.29) is 5.78 Å². The number of furan rings is 1. The van der Waals surface area contributed by atoms with Gasteiger partial charge in [0.1, 0.15) is 11.5 Å². The van der Waals surface area contributed by atoms with Gasteiger partial charge in [-0.25, -0.2) is 0 Å². The highest BCUT2D eigenvalue weighted by atomic mass is 16.3. The Morgan fingerprint density at radius 3 is 2.81 bits per heavy atom. The van der Waals surface area contributed by atoms with E-state index in [1.165, 1.54) is 19.3 Å². The van der Waals surface area contributed by atoms with E-state index in [0.29, 0.717) is 6.42 Å². The summed E-state index contributed by atoms with van der Waals surface area (Å²) >= 11 is 0. The van der Waals surface area contributed by atoms with Crippen LogP contribution in [0.1, 0.15) is 51.7 Å². The van der Waals surface area contributed by atoms with Crippen molar-refractivity contribution in [3.8, 4) is 0 Å². The summed E-state index contributed by atoms with van der Waals surface area (Å²) in [6, 6.07) is 3.77. The van der Waals surface area contributed by atoms with Crippen molar-refractivity contribution in [2.75, 3.05) is 0 Å². The minimum Gasteiger partial charge on any atom is -0.465 e. The fourth-order valence-corrected chi connectivity index (χ4v) is 1.66. The highest BCUT2D eigenvalue weighted by molar-refractivity contribution is 5.87. The third kappa shape index (κ3) is 4.47. The lowest BCUT2D eigenvalue weighted by Crippen LogP contribution is -1.92. The van der Waals surface area contributed by atoms with Crippen LogP contribution in [0.25, 0.3) is 5.57 Å². The minimum atomic E-state index is 0.179. The topological polar surface area (TPSA) is 30.2 Å². The normalized spacial score (nSPS) is 11.8. The van der Waals surface area contributed by atoms with Crippen LogP contribution in [0.4, 0.5) is 0 Å². The molecule has 2 nitrogen and oxygen atoms in total. The average Bonchev–Trinajstić information content (AvgIpc) is 2.75. The summed E-state index contributed by atoms with van der Waals surface area (Å²) in [7, 11) is 0. The first-order chi connectivity index (χ1) is 7.74. The van der Waals surface area contributed by atoms with Crippen molar-refractivity contribution in [3.63, 3.8) is 0 Å². The molecule has 1 aromatic heterocycles. The maximum atomic E-state index is 11.2. The molecule has 0 aliphatic heterocycles. The highest BCUT2D eigenvalue weighted by Crippen LogP contribution is 2.20. The van der Waals surface area contributed by atoms with E-state index >= 15 is 0 Å². The Hall–Kier alpha value is -1.31. The smallest absolute Gasteiger partial charge is 0.134 e. The number of Topliss-reactive ketones (excluding diaryl/α,β-unsaturated/α-hetero) is 1. The Morgan fingerprint density at radius 2 is 2.25 bits per heavy atom. The molecule has 1 heterocycles. The Labute approximate surface area is 97.3 Å². The molecular formula is C14H20O2. The second kappa shape index (κ2) is 7.04. The molecule has 1 aromatic rings. The predicted molar refractivity (Wildman–Crippen MR) is 66.1 cm³/mol. The van der Waals surface area contributed by atoms with E-state index in [1.54, 1.807) is 13.2 Å². The van der Waals surface area contributed by atoms with Crippen LogP contribution in [-0.4, -0.2) is 5.78 Å². The van der Waals surface area contributed by atoms with Gasteiger partial charge in [0, 0.05) is 6.42 Å². The molecule has 0 fully saturated rings. The second-order valence-electron chi connectivity index (χ2n) is 4.08. The zero-order valence-corrected chi connectivity index (χ0v) is 10.2. The SMILES string of the molecule is CCCCC/C=C(\CC(C)=O)c1ccco1. The van der Waals surface area contributed by atoms with Gasteiger partial charge < -0.3 is 4.42 Å². The molecule has 16 heavy (non-hydrogen) atoms. The number of hydrogen-bond acceptors (Lipinski definition) is 2. The van der Waals surface area contributed by atoms with Gasteiger partial charge in [-0.1, -0.05) is 25.8 Å². The van der Waals surface area contributed by atoms with Crippen molar-refractivity contribution in [3.05, 3.63) is 30.2 Å². The number of rotatable bonds is 7. The number of allylic oxidation sites excluding steroid dienone is 2. The zero-order valence-electron chi connectivity index (χ0n) is 10.2. The molecule has 0 aromatic carbocycles. The summed E-state index contributed by atoms with van der Waals surface area (Å²) in [6.45, 7) is 3.80. The molecule has 0 aliphatic carbocycles. The summed E-state index contributed by atoms with van der Waals surface area (Å²) in [5.74, 6) is 1.00. The first kappa shape index (κ1) is 12.8. The van der Waals surface area contributed by atoms with Gasteiger partial charge in [0.25, 0.3) is 0 Å². The molecule has 88 valence electrons. The van der Waals surface area contributed by atoms with Gasteiger partial charge in [0.2, 0.25) is 0 Å². The Morgan fingerprint density at radius 1 is 1.44 bits per heavy atom. The standard InChI is InChI=1S/C14H20O2/c1-3-4-5-6-8-13(11-12(2)15)14-9-7-10-16-14/h7-10H,3-6,11H2,1-2H3/b13-8+. The number of hydrogen-bond donors (Lipinski definition) is 0. The molecule has 1 rings (SSSR count). The quantitative estimate of drug-likeness (QED) is 0.644. The third-order valence-corrected chi connectivity index (χ3v) is 2.48.